The predicted octanol–water partition coefficient (Wildman–Crippen LogP) is 3.33. The van der Waals surface area contributed by atoms with Gasteiger partial charge in [-0.25, -0.2) is 4.98 Å². The van der Waals surface area contributed by atoms with Gasteiger partial charge in [0.2, 0.25) is 5.88 Å². The summed E-state index contributed by atoms with van der Waals surface area (Å²) in [5.41, 5.74) is 0.343. The van der Waals surface area contributed by atoms with Crippen LogP contribution in [0.2, 0.25) is 0 Å². The topological polar surface area (TPSA) is 60.5 Å². The highest BCUT2D eigenvalue weighted by molar-refractivity contribution is 6.06. The van der Waals surface area contributed by atoms with E-state index in [-0.39, 0.29) is 22.9 Å². The number of pyridine rings is 1. The zero-order valence-corrected chi connectivity index (χ0v) is 11.8. The Hall–Kier alpha value is -2.70. The Kier molecular flexibility index (Phi) is 5.24. The summed E-state index contributed by atoms with van der Waals surface area (Å²) in [7, 11) is 0. The van der Waals surface area contributed by atoms with Crippen molar-refractivity contribution >= 4 is 11.6 Å². The Morgan fingerprint density at radius 2 is 2.05 bits per heavy atom. The van der Waals surface area contributed by atoms with Crippen LogP contribution >= 0.6 is 0 Å². The van der Waals surface area contributed by atoms with Crippen LogP contribution in [0.5, 0.6) is 11.6 Å². The van der Waals surface area contributed by atoms with Gasteiger partial charge in [-0.15, -0.1) is 0 Å². The lowest BCUT2D eigenvalue weighted by atomic mass is 10.2. The van der Waals surface area contributed by atoms with Crippen molar-refractivity contribution in [2.75, 3.05) is 11.9 Å². The van der Waals surface area contributed by atoms with Gasteiger partial charge in [-0.3, -0.25) is 4.79 Å². The fourth-order valence-corrected chi connectivity index (χ4v) is 1.77. The monoisotopic (exact) mass is 308 g/mol. The number of anilines is 1. The van der Waals surface area contributed by atoms with Crippen molar-refractivity contribution < 1.29 is 23.0 Å². The average molecular weight is 308 g/mol. The third-order valence-electron chi connectivity index (χ3n) is 2.65. The summed E-state index contributed by atoms with van der Waals surface area (Å²) in [5, 5.41) is 2.51. The molecule has 1 aromatic heterocycles. The molecule has 116 valence electrons. The maximum Gasteiger partial charge on any atom is 0.387 e. The number of alkyl halides is 2. The lowest BCUT2D eigenvalue weighted by Crippen LogP contribution is -2.15. The number of hydrogen-bond acceptors (Lipinski definition) is 4. The van der Waals surface area contributed by atoms with Crippen molar-refractivity contribution in [3.63, 3.8) is 0 Å². The quantitative estimate of drug-likeness (QED) is 0.889. The van der Waals surface area contributed by atoms with Crippen molar-refractivity contribution in [3.05, 3.63) is 48.2 Å². The third-order valence-corrected chi connectivity index (χ3v) is 2.65. The minimum atomic E-state index is -2.98. The van der Waals surface area contributed by atoms with Crippen LogP contribution in [0.25, 0.3) is 0 Å². The molecule has 0 bridgehead atoms. The minimum absolute atomic E-state index is 0.118. The maximum absolute atomic E-state index is 12.4. The molecule has 0 atom stereocenters. The molecule has 5 nitrogen and oxygen atoms in total. The number of amides is 1. The van der Waals surface area contributed by atoms with Crippen LogP contribution in [-0.2, 0) is 0 Å². The summed E-state index contributed by atoms with van der Waals surface area (Å²) in [6, 6.07) is 9.05. The predicted molar refractivity (Wildman–Crippen MR) is 76.4 cm³/mol. The first kappa shape index (κ1) is 15.7. The second kappa shape index (κ2) is 7.35. The number of benzene rings is 1. The molecule has 0 aliphatic carbocycles. The molecule has 22 heavy (non-hydrogen) atoms. The highest BCUT2D eigenvalue weighted by atomic mass is 19.3. The molecule has 0 saturated heterocycles. The van der Waals surface area contributed by atoms with E-state index in [4.69, 9.17) is 4.74 Å². The van der Waals surface area contributed by atoms with E-state index in [0.717, 1.165) is 0 Å². The van der Waals surface area contributed by atoms with Crippen LogP contribution < -0.4 is 14.8 Å². The van der Waals surface area contributed by atoms with Gasteiger partial charge >= 0.3 is 6.61 Å². The molecule has 0 fully saturated rings. The minimum Gasteiger partial charge on any atom is -0.477 e. The van der Waals surface area contributed by atoms with E-state index in [0.29, 0.717) is 6.61 Å². The van der Waals surface area contributed by atoms with Gasteiger partial charge in [0.25, 0.3) is 5.91 Å². The largest absolute Gasteiger partial charge is 0.477 e. The average Bonchev–Trinajstić information content (AvgIpc) is 2.49. The number of carbonyl (C=O) groups is 1. The van der Waals surface area contributed by atoms with Crippen molar-refractivity contribution in [1.82, 2.24) is 4.98 Å². The Morgan fingerprint density at radius 3 is 2.77 bits per heavy atom. The first-order valence-corrected chi connectivity index (χ1v) is 6.54. The highest BCUT2D eigenvalue weighted by Gasteiger charge is 2.16. The molecular weight excluding hydrogens is 294 g/mol. The molecule has 0 aliphatic rings. The fourth-order valence-electron chi connectivity index (χ4n) is 1.77. The van der Waals surface area contributed by atoms with Crippen molar-refractivity contribution in [3.8, 4) is 11.6 Å². The normalized spacial score (nSPS) is 10.4. The Bertz CT molecular complexity index is 650. The zero-order chi connectivity index (χ0) is 15.9. The number of aromatic nitrogens is 1. The van der Waals surface area contributed by atoms with E-state index in [1.54, 1.807) is 19.1 Å². The number of para-hydroxylation sites is 2. The van der Waals surface area contributed by atoms with Gasteiger partial charge < -0.3 is 14.8 Å². The number of ether oxygens (including phenoxy) is 2. The number of nitrogens with zero attached hydrogens (tertiary/aromatic N) is 1. The van der Waals surface area contributed by atoms with Gasteiger partial charge in [-0.05, 0) is 31.2 Å². The molecular formula is C15H14F2N2O3. The first-order valence-electron chi connectivity index (χ1n) is 6.54. The summed E-state index contributed by atoms with van der Waals surface area (Å²) in [6.07, 6.45) is 1.50. The van der Waals surface area contributed by atoms with Gasteiger partial charge in [0.05, 0.1) is 12.3 Å². The Balaban J connectivity index is 2.23. The summed E-state index contributed by atoms with van der Waals surface area (Å²) in [5.74, 6) is -0.468. The van der Waals surface area contributed by atoms with Crippen LogP contribution in [0, 0.1) is 0 Å². The second-order valence-corrected chi connectivity index (χ2v) is 4.12. The third kappa shape index (κ3) is 3.91. The number of hydrogen-bond donors (Lipinski definition) is 1. The zero-order valence-electron chi connectivity index (χ0n) is 11.8. The number of nitrogens with one attached hydrogen (secondary N) is 1. The summed E-state index contributed by atoms with van der Waals surface area (Å²) in [6.45, 7) is -0.861. The van der Waals surface area contributed by atoms with Gasteiger partial charge in [0.15, 0.2) is 0 Å². The molecule has 0 spiro atoms. The molecule has 1 aromatic carbocycles. The Morgan fingerprint density at radius 1 is 1.27 bits per heavy atom. The van der Waals surface area contributed by atoms with E-state index in [1.807, 2.05) is 0 Å². The van der Waals surface area contributed by atoms with Crippen molar-refractivity contribution in [2.24, 2.45) is 0 Å². The fraction of sp³-hybridized carbons (Fsp3) is 0.200. The molecule has 0 saturated carbocycles. The molecule has 1 heterocycles. The molecule has 0 unspecified atom stereocenters. The molecule has 1 N–H and O–H groups in total. The van der Waals surface area contributed by atoms with Crippen molar-refractivity contribution in [2.45, 2.75) is 13.5 Å². The van der Waals surface area contributed by atoms with E-state index in [1.165, 1.54) is 30.5 Å². The standard InChI is InChI=1S/C15H14F2N2O3/c1-2-21-14-10(6-5-9-18-14)13(20)19-11-7-3-4-8-12(11)22-15(16)17/h3-9,15H,2H2,1H3,(H,19,20). The SMILES string of the molecule is CCOc1ncccc1C(=O)Nc1ccccc1OC(F)F. The van der Waals surface area contributed by atoms with E-state index in [2.05, 4.69) is 15.0 Å². The van der Waals surface area contributed by atoms with Gasteiger partial charge in [-0.1, -0.05) is 12.1 Å². The van der Waals surface area contributed by atoms with Crippen LogP contribution in [0.3, 0.4) is 0 Å². The number of halogens is 2. The van der Waals surface area contributed by atoms with E-state index in [9.17, 15) is 13.6 Å². The summed E-state index contributed by atoms with van der Waals surface area (Å²) >= 11 is 0. The number of carbonyl (C=O) groups excluding carboxylic acids is 1. The lowest BCUT2D eigenvalue weighted by molar-refractivity contribution is -0.0493. The summed E-state index contributed by atoms with van der Waals surface area (Å²) in [4.78, 5) is 16.2. The molecule has 2 rings (SSSR count). The molecule has 0 aliphatic heterocycles. The molecule has 0 radical (unpaired) electrons. The lowest BCUT2D eigenvalue weighted by Gasteiger charge is -2.13. The van der Waals surface area contributed by atoms with Crippen molar-refractivity contribution in [1.29, 1.82) is 0 Å². The molecule has 1 amide bonds. The molecule has 7 heteroatoms. The van der Waals surface area contributed by atoms with Crippen LogP contribution in [0.4, 0.5) is 14.5 Å². The smallest absolute Gasteiger partial charge is 0.387 e. The van der Waals surface area contributed by atoms with E-state index >= 15 is 0 Å². The van der Waals surface area contributed by atoms with Crippen LogP contribution in [-0.4, -0.2) is 24.1 Å². The van der Waals surface area contributed by atoms with Crippen LogP contribution in [0.1, 0.15) is 17.3 Å². The second-order valence-electron chi connectivity index (χ2n) is 4.12. The maximum atomic E-state index is 12.4. The highest BCUT2D eigenvalue weighted by Crippen LogP contribution is 2.26. The van der Waals surface area contributed by atoms with Gasteiger partial charge in [0.1, 0.15) is 11.3 Å². The van der Waals surface area contributed by atoms with Crippen LogP contribution in [0.15, 0.2) is 42.6 Å². The van der Waals surface area contributed by atoms with Gasteiger partial charge in [-0.2, -0.15) is 8.78 Å². The first-order chi connectivity index (χ1) is 10.6. The Labute approximate surface area is 125 Å². The van der Waals surface area contributed by atoms with Gasteiger partial charge in [0, 0.05) is 6.20 Å². The molecule has 2 aromatic rings. The van der Waals surface area contributed by atoms with E-state index < -0.39 is 12.5 Å². The summed E-state index contributed by atoms with van der Waals surface area (Å²) < 4.78 is 34.4. The number of rotatable bonds is 6.